The van der Waals surface area contributed by atoms with E-state index >= 15 is 0 Å². The zero-order chi connectivity index (χ0) is 17.2. The number of pyridine rings is 1. The number of nitrogens with zero attached hydrogens (tertiary/aromatic N) is 2. The van der Waals surface area contributed by atoms with Crippen LogP contribution in [-0.4, -0.2) is 16.8 Å². The molecule has 120 valence electrons. The fourth-order valence-electron chi connectivity index (χ4n) is 2.80. The first kappa shape index (κ1) is 15.0. The van der Waals surface area contributed by atoms with E-state index in [0.29, 0.717) is 22.6 Å². The van der Waals surface area contributed by atoms with Crippen LogP contribution in [-0.2, 0) is 0 Å². The van der Waals surface area contributed by atoms with Crippen LogP contribution < -0.4 is 4.90 Å². The molecule has 1 aromatic heterocycles. The van der Waals surface area contributed by atoms with Crippen LogP contribution in [0.2, 0.25) is 0 Å². The molecule has 4 nitrogen and oxygen atoms in total. The number of fused-ring (bicyclic) bond motifs is 1. The van der Waals surface area contributed by atoms with E-state index in [1.807, 2.05) is 48.6 Å². The van der Waals surface area contributed by atoms with Gasteiger partial charge in [0.2, 0.25) is 0 Å². The minimum absolute atomic E-state index is 0.335. The summed E-state index contributed by atoms with van der Waals surface area (Å²) in [5, 5.41) is 0. The van der Waals surface area contributed by atoms with Crippen molar-refractivity contribution in [2.45, 2.75) is 0 Å². The number of benzene rings is 2. The maximum Gasteiger partial charge on any atom is 0.267 e. The van der Waals surface area contributed by atoms with Crippen LogP contribution in [0.15, 0.2) is 72.8 Å². The lowest BCUT2D eigenvalue weighted by molar-refractivity contribution is 0.0925. The Morgan fingerprint density at radius 1 is 0.680 bits per heavy atom. The number of carbonyl (C=O) groups excluding carboxylic acids is 2. The third-order valence-electron chi connectivity index (χ3n) is 4.03. The molecule has 1 aliphatic rings. The number of carbonyl (C=O) groups is 2. The Morgan fingerprint density at radius 2 is 1.32 bits per heavy atom. The fraction of sp³-hybridized carbons (Fsp3) is 0. The van der Waals surface area contributed by atoms with Gasteiger partial charge >= 0.3 is 0 Å². The Labute approximate surface area is 145 Å². The molecule has 0 fully saturated rings. The normalized spacial score (nSPS) is 13.5. The van der Waals surface area contributed by atoms with Gasteiger partial charge in [-0.1, -0.05) is 54.6 Å². The maximum atomic E-state index is 12.5. The predicted octanol–water partition coefficient (Wildman–Crippen LogP) is 4.05. The summed E-state index contributed by atoms with van der Waals surface area (Å²) in [4.78, 5) is 30.7. The largest absolute Gasteiger partial charge is 0.268 e. The summed E-state index contributed by atoms with van der Waals surface area (Å²) in [6.45, 7) is 0. The Kier molecular flexibility index (Phi) is 3.71. The highest BCUT2D eigenvalue weighted by molar-refractivity contribution is 6.34. The van der Waals surface area contributed by atoms with Gasteiger partial charge < -0.3 is 0 Å². The third kappa shape index (κ3) is 2.74. The molecule has 0 saturated carbocycles. The van der Waals surface area contributed by atoms with E-state index in [2.05, 4.69) is 4.98 Å². The van der Waals surface area contributed by atoms with Crippen LogP contribution in [0.25, 0.3) is 12.2 Å². The molecule has 2 amide bonds. The molecule has 0 spiro atoms. The van der Waals surface area contributed by atoms with Crippen LogP contribution >= 0.6 is 0 Å². The minimum Gasteiger partial charge on any atom is -0.268 e. The van der Waals surface area contributed by atoms with Gasteiger partial charge in [0.1, 0.15) is 5.82 Å². The Balaban J connectivity index is 1.66. The first-order valence-electron chi connectivity index (χ1n) is 7.92. The minimum atomic E-state index is -0.336. The summed E-state index contributed by atoms with van der Waals surface area (Å²) in [5.41, 5.74) is 2.56. The van der Waals surface area contributed by atoms with Gasteiger partial charge in [-0.25, -0.2) is 9.88 Å². The molecular formula is C21H14N2O2. The number of amides is 2. The molecule has 4 heteroatoms. The molecule has 0 N–H and O–H groups in total. The van der Waals surface area contributed by atoms with Crippen LogP contribution in [0.3, 0.4) is 0 Å². The molecule has 0 aliphatic carbocycles. The topological polar surface area (TPSA) is 50.3 Å². The number of rotatable bonds is 3. The van der Waals surface area contributed by atoms with E-state index in [1.54, 1.807) is 36.4 Å². The standard InChI is InChI=1S/C21H14N2O2/c24-20-17-10-4-5-11-18(17)21(25)23(20)19-12-6-9-16(22-19)14-13-15-7-2-1-3-8-15/h1-14H/b14-13+. The van der Waals surface area contributed by atoms with Gasteiger partial charge in [0.15, 0.2) is 0 Å². The van der Waals surface area contributed by atoms with Crippen LogP contribution in [0.4, 0.5) is 5.82 Å². The Hall–Kier alpha value is -3.53. The lowest BCUT2D eigenvalue weighted by Crippen LogP contribution is -2.30. The molecule has 0 atom stereocenters. The third-order valence-corrected chi connectivity index (χ3v) is 4.03. The molecule has 0 radical (unpaired) electrons. The van der Waals surface area contributed by atoms with E-state index in [4.69, 9.17) is 0 Å². The Morgan fingerprint density at radius 3 is 2.00 bits per heavy atom. The van der Waals surface area contributed by atoms with Gasteiger partial charge in [-0.05, 0) is 35.9 Å². The van der Waals surface area contributed by atoms with Crippen LogP contribution in [0, 0.1) is 0 Å². The van der Waals surface area contributed by atoms with Crippen molar-refractivity contribution in [3.63, 3.8) is 0 Å². The zero-order valence-electron chi connectivity index (χ0n) is 13.3. The average molecular weight is 326 g/mol. The van der Waals surface area contributed by atoms with Crippen molar-refractivity contribution in [2.24, 2.45) is 0 Å². The van der Waals surface area contributed by atoms with E-state index < -0.39 is 0 Å². The number of hydrogen-bond donors (Lipinski definition) is 0. The monoisotopic (exact) mass is 326 g/mol. The quantitative estimate of drug-likeness (QED) is 0.682. The molecule has 0 saturated heterocycles. The van der Waals surface area contributed by atoms with Gasteiger partial charge in [0, 0.05) is 0 Å². The highest BCUT2D eigenvalue weighted by atomic mass is 16.2. The Bertz CT molecular complexity index is 959. The summed E-state index contributed by atoms with van der Waals surface area (Å²) in [7, 11) is 0. The van der Waals surface area contributed by atoms with Crippen LogP contribution in [0.5, 0.6) is 0 Å². The molecule has 2 heterocycles. The van der Waals surface area contributed by atoms with Gasteiger partial charge in [-0.15, -0.1) is 0 Å². The van der Waals surface area contributed by atoms with Crippen molar-refractivity contribution < 1.29 is 9.59 Å². The summed E-state index contributed by atoms with van der Waals surface area (Å²) in [6.07, 6.45) is 3.80. The molecule has 25 heavy (non-hydrogen) atoms. The van der Waals surface area contributed by atoms with Gasteiger partial charge in [0.05, 0.1) is 16.8 Å². The number of anilines is 1. The lowest BCUT2D eigenvalue weighted by atomic mass is 10.1. The van der Waals surface area contributed by atoms with Crippen molar-refractivity contribution in [3.05, 3.63) is 95.2 Å². The SMILES string of the molecule is O=C1c2ccccc2C(=O)N1c1cccc(/C=C/c2ccccc2)n1. The van der Waals surface area contributed by atoms with Crippen molar-refractivity contribution >= 4 is 29.8 Å². The number of aromatic nitrogens is 1. The number of hydrogen-bond acceptors (Lipinski definition) is 3. The van der Waals surface area contributed by atoms with E-state index in [0.717, 1.165) is 10.5 Å². The van der Waals surface area contributed by atoms with E-state index in [-0.39, 0.29) is 11.8 Å². The molecule has 3 aromatic rings. The van der Waals surface area contributed by atoms with E-state index in [9.17, 15) is 9.59 Å². The molecule has 4 rings (SSSR count). The first-order chi connectivity index (χ1) is 12.2. The van der Waals surface area contributed by atoms with Crippen molar-refractivity contribution in [1.82, 2.24) is 4.98 Å². The molecule has 0 bridgehead atoms. The first-order valence-corrected chi connectivity index (χ1v) is 7.92. The van der Waals surface area contributed by atoms with Gasteiger partial charge in [0.25, 0.3) is 11.8 Å². The maximum absolute atomic E-state index is 12.5. The van der Waals surface area contributed by atoms with Crippen molar-refractivity contribution in [1.29, 1.82) is 0 Å². The summed E-state index contributed by atoms with van der Waals surface area (Å²) in [5.74, 6) is -0.337. The number of imide groups is 1. The molecular weight excluding hydrogens is 312 g/mol. The van der Waals surface area contributed by atoms with Gasteiger partial charge in [-0.2, -0.15) is 0 Å². The molecule has 1 aliphatic heterocycles. The summed E-state index contributed by atoms with van der Waals surface area (Å²) < 4.78 is 0. The molecule has 0 unspecified atom stereocenters. The second-order valence-corrected chi connectivity index (χ2v) is 5.66. The van der Waals surface area contributed by atoms with Crippen molar-refractivity contribution in [3.8, 4) is 0 Å². The second kappa shape index (κ2) is 6.17. The smallest absolute Gasteiger partial charge is 0.267 e. The second-order valence-electron chi connectivity index (χ2n) is 5.66. The van der Waals surface area contributed by atoms with Crippen molar-refractivity contribution in [2.75, 3.05) is 4.90 Å². The molecule has 2 aromatic carbocycles. The highest BCUT2D eigenvalue weighted by Crippen LogP contribution is 2.27. The van der Waals surface area contributed by atoms with E-state index in [1.165, 1.54) is 0 Å². The highest BCUT2D eigenvalue weighted by Gasteiger charge is 2.36. The summed E-state index contributed by atoms with van der Waals surface area (Å²) >= 11 is 0. The summed E-state index contributed by atoms with van der Waals surface area (Å²) in [6, 6.07) is 22.0. The lowest BCUT2D eigenvalue weighted by Gasteiger charge is -2.12. The fourth-order valence-corrected chi connectivity index (χ4v) is 2.80. The predicted molar refractivity (Wildman–Crippen MR) is 97.2 cm³/mol. The van der Waals surface area contributed by atoms with Gasteiger partial charge in [-0.3, -0.25) is 9.59 Å². The van der Waals surface area contributed by atoms with Crippen LogP contribution in [0.1, 0.15) is 32.0 Å². The zero-order valence-corrected chi connectivity index (χ0v) is 13.3. The average Bonchev–Trinajstić information content (AvgIpc) is 2.92.